The molecule has 1 saturated heterocycles. The highest BCUT2D eigenvalue weighted by atomic mass is 19.1. The summed E-state index contributed by atoms with van der Waals surface area (Å²) in [6, 6.07) is 5.86. The number of benzene rings is 1. The topological polar surface area (TPSA) is 64.7 Å². The van der Waals surface area contributed by atoms with Crippen LogP contribution in [-0.2, 0) is 9.59 Å². The van der Waals surface area contributed by atoms with Crippen LogP contribution in [0.25, 0.3) is 0 Å². The molecular formula is C19H29FN4O2. The lowest BCUT2D eigenvalue weighted by atomic mass is 10.0. The van der Waals surface area contributed by atoms with Crippen molar-refractivity contribution in [3.63, 3.8) is 0 Å². The summed E-state index contributed by atoms with van der Waals surface area (Å²) in [5.74, 6) is -0.499. The molecule has 1 heterocycles. The molecule has 6 nitrogen and oxygen atoms in total. The Kier molecular flexibility index (Phi) is 7.11. The van der Waals surface area contributed by atoms with Gasteiger partial charge in [0.2, 0.25) is 11.8 Å². The highest BCUT2D eigenvalue weighted by Gasteiger charge is 2.23. The van der Waals surface area contributed by atoms with Gasteiger partial charge in [0.1, 0.15) is 5.82 Å². The van der Waals surface area contributed by atoms with Crippen LogP contribution < -0.4 is 10.6 Å². The van der Waals surface area contributed by atoms with Crippen LogP contribution in [0.15, 0.2) is 24.3 Å². The van der Waals surface area contributed by atoms with Gasteiger partial charge in [-0.3, -0.25) is 19.4 Å². The molecule has 0 aliphatic carbocycles. The molecule has 2 N–H and O–H groups in total. The van der Waals surface area contributed by atoms with Crippen LogP contribution in [0.5, 0.6) is 0 Å². The normalized spacial score (nSPS) is 16.3. The van der Waals surface area contributed by atoms with Crippen molar-refractivity contribution in [1.82, 2.24) is 15.1 Å². The minimum atomic E-state index is -0.374. The first-order valence-electron chi connectivity index (χ1n) is 9.08. The molecule has 1 aromatic carbocycles. The molecular weight excluding hydrogens is 335 g/mol. The third-order valence-corrected chi connectivity index (χ3v) is 4.67. The molecule has 144 valence electrons. The van der Waals surface area contributed by atoms with E-state index >= 15 is 0 Å². The minimum absolute atomic E-state index is 0.0362. The van der Waals surface area contributed by atoms with E-state index in [0.717, 1.165) is 32.6 Å². The Balaban J connectivity index is 1.71. The SMILES string of the molecule is CCC(C)(C)NC(=O)CN1CCN(CC(=O)Nc2cccc(F)c2)CC1. The summed E-state index contributed by atoms with van der Waals surface area (Å²) in [7, 11) is 0. The minimum Gasteiger partial charge on any atom is -0.350 e. The van der Waals surface area contributed by atoms with Gasteiger partial charge in [-0.1, -0.05) is 13.0 Å². The fraction of sp³-hybridized carbons (Fsp3) is 0.579. The van der Waals surface area contributed by atoms with Crippen LogP contribution in [0.1, 0.15) is 27.2 Å². The van der Waals surface area contributed by atoms with Gasteiger partial charge in [-0.15, -0.1) is 0 Å². The van der Waals surface area contributed by atoms with Crippen molar-refractivity contribution in [2.45, 2.75) is 32.7 Å². The molecule has 0 atom stereocenters. The summed E-state index contributed by atoms with van der Waals surface area (Å²) in [6.45, 7) is 9.66. The van der Waals surface area contributed by atoms with Gasteiger partial charge >= 0.3 is 0 Å². The molecule has 0 aromatic heterocycles. The predicted molar refractivity (Wildman–Crippen MR) is 100 cm³/mol. The third-order valence-electron chi connectivity index (χ3n) is 4.67. The maximum atomic E-state index is 13.1. The Morgan fingerprint density at radius 2 is 1.65 bits per heavy atom. The van der Waals surface area contributed by atoms with Gasteiger partial charge in [-0.25, -0.2) is 4.39 Å². The van der Waals surface area contributed by atoms with E-state index < -0.39 is 0 Å². The standard InChI is InChI=1S/C19H29FN4O2/c1-4-19(2,3)22-18(26)14-24-10-8-23(9-11-24)13-17(25)21-16-7-5-6-15(20)12-16/h5-7,12H,4,8-11,13-14H2,1-3H3,(H,21,25)(H,22,26). The maximum Gasteiger partial charge on any atom is 0.238 e. The van der Waals surface area contributed by atoms with E-state index in [1.165, 1.54) is 12.1 Å². The number of hydrogen-bond acceptors (Lipinski definition) is 4. The van der Waals surface area contributed by atoms with E-state index in [0.29, 0.717) is 12.2 Å². The first-order chi connectivity index (χ1) is 12.3. The summed E-state index contributed by atoms with van der Waals surface area (Å²) in [5.41, 5.74) is 0.275. The largest absolute Gasteiger partial charge is 0.350 e. The first kappa shape index (κ1) is 20.3. The Morgan fingerprint density at radius 1 is 1.08 bits per heavy atom. The van der Waals surface area contributed by atoms with Gasteiger partial charge in [0.15, 0.2) is 0 Å². The van der Waals surface area contributed by atoms with Crippen LogP contribution >= 0.6 is 0 Å². The van der Waals surface area contributed by atoms with Gasteiger partial charge < -0.3 is 10.6 Å². The molecule has 26 heavy (non-hydrogen) atoms. The number of anilines is 1. The van der Waals surface area contributed by atoms with Crippen LogP contribution in [0.4, 0.5) is 10.1 Å². The molecule has 1 aromatic rings. The van der Waals surface area contributed by atoms with Crippen molar-refractivity contribution >= 4 is 17.5 Å². The average molecular weight is 364 g/mol. The summed E-state index contributed by atoms with van der Waals surface area (Å²) in [6.07, 6.45) is 0.882. The molecule has 2 amide bonds. The molecule has 1 aliphatic rings. The van der Waals surface area contributed by atoms with Crippen molar-refractivity contribution in [3.05, 3.63) is 30.1 Å². The summed E-state index contributed by atoms with van der Waals surface area (Å²) in [4.78, 5) is 28.3. The number of halogens is 1. The number of amides is 2. The Labute approximate surface area is 154 Å². The lowest BCUT2D eigenvalue weighted by Crippen LogP contribution is -2.53. The van der Waals surface area contributed by atoms with Crippen molar-refractivity contribution in [2.75, 3.05) is 44.6 Å². The molecule has 0 unspecified atom stereocenters. The highest BCUT2D eigenvalue weighted by molar-refractivity contribution is 5.92. The third kappa shape index (κ3) is 6.72. The van der Waals surface area contributed by atoms with Crippen LogP contribution in [0.3, 0.4) is 0 Å². The number of piperazine rings is 1. The number of rotatable bonds is 7. The number of hydrogen-bond donors (Lipinski definition) is 2. The van der Waals surface area contributed by atoms with Crippen molar-refractivity contribution in [2.24, 2.45) is 0 Å². The fourth-order valence-corrected chi connectivity index (χ4v) is 2.78. The van der Waals surface area contributed by atoms with E-state index in [2.05, 4.69) is 15.5 Å². The van der Waals surface area contributed by atoms with Crippen molar-refractivity contribution in [1.29, 1.82) is 0 Å². The van der Waals surface area contributed by atoms with Crippen LogP contribution in [-0.4, -0.2) is 66.4 Å². The second-order valence-electron chi connectivity index (χ2n) is 7.40. The van der Waals surface area contributed by atoms with Gasteiger partial charge in [-0.05, 0) is 38.5 Å². The smallest absolute Gasteiger partial charge is 0.238 e. The molecule has 1 fully saturated rings. The van der Waals surface area contributed by atoms with Crippen LogP contribution in [0, 0.1) is 5.82 Å². The summed E-state index contributed by atoms with van der Waals surface area (Å²) < 4.78 is 13.1. The summed E-state index contributed by atoms with van der Waals surface area (Å²) >= 11 is 0. The second kappa shape index (κ2) is 9.09. The molecule has 2 rings (SSSR count). The maximum absolute atomic E-state index is 13.1. The van der Waals surface area contributed by atoms with E-state index in [-0.39, 0.29) is 29.7 Å². The Bertz CT molecular complexity index is 628. The van der Waals surface area contributed by atoms with Gasteiger partial charge in [0, 0.05) is 37.4 Å². The van der Waals surface area contributed by atoms with E-state index in [1.54, 1.807) is 12.1 Å². The van der Waals surface area contributed by atoms with Crippen molar-refractivity contribution < 1.29 is 14.0 Å². The van der Waals surface area contributed by atoms with Gasteiger partial charge in [0.25, 0.3) is 0 Å². The number of carbonyl (C=O) groups excluding carboxylic acids is 2. The zero-order valence-electron chi connectivity index (χ0n) is 15.8. The zero-order valence-corrected chi connectivity index (χ0v) is 15.8. The van der Waals surface area contributed by atoms with Gasteiger partial charge in [0.05, 0.1) is 13.1 Å². The van der Waals surface area contributed by atoms with E-state index in [4.69, 9.17) is 0 Å². The molecule has 1 aliphatic heterocycles. The molecule has 0 bridgehead atoms. The lowest BCUT2D eigenvalue weighted by molar-refractivity contribution is -0.125. The Morgan fingerprint density at radius 3 is 2.19 bits per heavy atom. The lowest BCUT2D eigenvalue weighted by Gasteiger charge is -2.34. The number of nitrogens with zero attached hydrogens (tertiary/aromatic N) is 2. The van der Waals surface area contributed by atoms with E-state index in [1.807, 2.05) is 25.7 Å². The number of carbonyl (C=O) groups is 2. The second-order valence-corrected chi connectivity index (χ2v) is 7.40. The average Bonchev–Trinajstić information content (AvgIpc) is 2.56. The van der Waals surface area contributed by atoms with Gasteiger partial charge in [-0.2, -0.15) is 0 Å². The Hall–Kier alpha value is -1.99. The van der Waals surface area contributed by atoms with E-state index in [9.17, 15) is 14.0 Å². The molecule has 0 saturated carbocycles. The first-order valence-corrected chi connectivity index (χ1v) is 9.08. The molecule has 0 spiro atoms. The zero-order chi connectivity index (χ0) is 19.2. The number of nitrogens with one attached hydrogen (secondary N) is 2. The fourth-order valence-electron chi connectivity index (χ4n) is 2.78. The molecule has 0 radical (unpaired) electrons. The quantitative estimate of drug-likeness (QED) is 0.773. The highest BCUT2D eigenvalue weighted by Crippen LogP contribution is 2.10. The molecule has 7 heteroatoms. The van der Waals surface area contributed by atoms with Crippen LogP contribution in [0.2, 0.25) is 0 Å². The predicted octanol–water partition coefficient (Wildman–Crippen LogP) is 1.69. The monoisotopic (exact) mass is 364 g/mol. The van der Waals surface area contributed by atoms with Crippen molar-refractivity contribution in [3.8, 4) is 0 Å². The summed E-state index contributed by atoms with van der Waals surface area (Å²) in [5, 5.41) is 5.75.